The van der Waals surface area contributed by atoms with Crippen molar-refractivity contribution in [3.05, 3.63) is 84.6 Å². The third-order valence-corrected chi connectivity index (χ3v) is 8.50. The molecule has 0 atom stereocenters. The van der Waals surface area contributed by atoms with Crippen LogP contribution in [0.15, 0.2) is 67.3 Å². The number of pyridine rings is 2. The average molecular weight is 506 g/mol. The van der Waals surface area contributed by atoms with Crippen LogP contribution in [-0.2, 0) is 22.6 Å². The van der Waals surface area contributed by atoms with E-state index >= 15 is 0 Å². The number of fused-ring (bicyclic) bond motifs is 1. The molecule has 0 N–H and O–H groups in total. The summed E-state index contributed by atoms with van der Waals surface area (Å²) < 4.78 is 57.2. The molecule has 0 unspecified atom stereocenters. The minimum absolute atomic E-state index is 0.0935. The maximum absolute atomic E-state index is 14.7. The number of nitrogens with zero attached hydrogens (tertiary/aromatic N) is 5. The van der Waals surface area contributed by atoms with Crippen LogP contribution in [0.3, 0.4) is 0 Å². The molecule has 0 amide bonds. The van der Waals surface area contributed by atoms with E-state index in [-0.39, 0.29) is 22.3 Å². The topological polar surface area (TPSA) is 82.2 Å². The van der Waals surface area contributed by atoms with Gasteiger partial charge in [-0.2, -0.15) is 5.10 Å². The number of hydrogen-bond acceptors (Lipinski definition) is 5. The van der Waals surface area contributed by atoms with E-state index in [1.807, 2.05) is 36.0 Å². The van der Waals surface area contributed by atoms with E-state index in [1.165, 1.54) is 6.07 Å². The minimum atomic E-state index is -3.36. The molecule has 1 saturated carbocycles. The molecule has 0 radical (unpaired) electrons. The van der Waals surface area contributed by atoms with E-state index < -0.39 is 21.5 Å². The third-order valence-electron chi connectivity index (χ3n) is 6.31. The number of rotatable bonds is 6. The molecule has 6 rings (SSSR count). The molecule has 36 heavy (non-hydrogen) atoms. The highest BCUT2D eigenvalue weighted by Crippen LogP contribution is 2.33. The first-order valence-corrected chi connectivity index (χ1v) is 13.1. The molecule has 1 aliphatic rings. The first kappa shape index (κ1) is 22.5. The molecule has 10 heteroatoms. The monoisotopic (exact) mass is 505 g/mol. The van der Waals surface area contributed by atoms with Crippen molar-refractivity contribution in [2.24, 2.45) is 7.05 Å². The maximum atomic E-state index is 14.7. The van der Waals surface area contributed by atoms with Crippen LogP contribution in [0.4, 0.5) is 8.78 Å². The van der Waals surface area contributed by atoms with Crippen LogP contribution in [0.1, 0.15) is 18.5 Å². The summed E-state index contributed by atoms with van der Waals surface area (Å²) in [5.74, 6) is -1.71. The van der Waals surface area contributed by atoms with Crippen molar-refractivity contribution in [1.82, 2.24) is 24.1 Å². The predicted molar refractivity (Wildman–Crippen MR) is 132 cm³/mol. The number of aryl methyl sites for hydroxylation is 1. The maximum Gasteiger partial charge on any atom is 0.158 e. The molecule has 0 saturated heterocycles. The van der Waals surface area contributed by atoms with Crippen molar-refractivity contribution in [3.63, 3.8) is 0 Å². The van der Waals surface area contributed by atoms with E-state index in [0.717, 1.165) is 23.3 Å². The first-order chi connectivity index (χ1) is 17.3. The van der Waals surface area contributed by atoms with E-state index in [4.69, 9.17) is 0 Å². The van der Waals surface area contributed by atoms with Gasteiger partial charge in [0.15, 0.2) is 9.84 Å². The van der Waals surface area contributed by atoms with E-state index in [2.05, 4.69) is 15.1 Å². The van der Waals surface area contributed by atoms with Crippen LogP contribution in [0.5, 0.6) is 0 Å². The fourth-order valence-corrected chi connectivity index (χ4v) is 5.99. The highest BCUT2D eigenvalue weighted by molar-refractivity contribution is 7.91. The van der Waals surface area contributed by atoms with Crippen LogP contribution in [0.25, 0.3) is 39.3 Å². The summed E-state index contributed by atoms with van der Waals surface area (Å²) in [5, 5.41) is 3.86. The molecule has 182 valence electrons. The van der Waals surface area contributed by atoms with Gasteiger partial charge in [0.25, 0.3) is 0 Å². The summed E-state index contributed by atoms with van der Waals surface area (Å²) >= 11 is 0. The molecule has 0 bridgehead atoms. The lowest BCUT2D eigenvalue weighted by Crippen LogP contribution is -2.11. The molecule has 1 aliphatic carbocycles. The molecule has 1 aromatic carbocycles. The van der Waals surface area contributed by atoms with E-state index in [1.54, 1.807) is 29.2 Å². The number of benzene rings is 1. The molecule has 1 fully saturated rings. The smallest absolute Gasteiger partial charge is 0.158 e. The highest BCUT2D eigenvalue weighted by Gasteiger charge is 2.36. The van der Waals surface area contributed by atoms with E-state index in [0.29, 0.717) is 35.4 Å². The van der Waals surface area contributed by atoms with Crippen molar-refractivity contribution in [2.45, 2.75) is 23.8 Å². The second-order valence-electron chi connectivity index (χ2n) is 9.05. The highest BCUT2D eigenvalue weighted by atomic mass is 32.2. The molecule has 4 heterocycles. The summed E-state index contributed by atoms with van der Waals surface area (Å²) in [6.07, 6.45) is 8.53. The lowest BCUT2D eigenvalue weighted by atomic mass is 10.1. The third kappa shape index (κ3) is 4.17. The SMILES string of the molecule is Cn1cc(-c2ccn3c(-c4cc(CS(=O)(=O)C5CC5)nc(-c5ccc(F)cc5F)c4)cnc3c2)cn1. The van der Waals surface area contributed by atoms with Crippen LogP contribution in [0, 0.1) is 11.6 Å². The standard InChI is InChI=1S/C26H21F2N5O2S/c1-32-14-18(12-30-32)16-6-7-33-25(13-29-26(33)10-16)17-8-20(15-36(34,35)21-3-4-21)31-24(9-17)22-5-2-19(27)11-23(22)28/h2,5-14,21H,3-4,15H2,1H3. The Balaban J connectivity index is 1.47. The number of halogens is 2. The summed E-state index contributed by atoms with van der Waals surface area (Å²) in [7, 11) is -1.52. The van der Waals surface area contributed by atoms with Crippen molar-refractivity contribution >= 4 is 15.5 Å². The molecular weight excluding hydrogens is 484 g/mol. The Hall–Kier alpha value is -3.92. The largest absolute Gasteiger partial charge is 0.300 e. The van der Waals surface area contributed by atoms with Crippen molar-refractivity contribution in [3.8, 4) is 33.6 Å². The lowest BCUT2D eigenvalue weighted by molar-refractivity contribution is 0.585. The van der Waals surface area contributed by atoms with E-state index in [9.17, 15) is 17.2 Å². The number of imidazole rings is 1. The fraction of sp³-hybridized carbons (Fsp3) is 0.192. The quantitative estimate of drug-likeness (QED) is 0.331. The van der Waals surface area contributed by atoms with Gasteiger partial charge in [-0.25, -0.2) is 22.2 Å². The second-order valence-corrected chi connectivity index (χ2v) is 11.3. The number of hydrogen-bond donors (Lipinski definition) is 0. The molecule has 7 nitrogen and oxygen atoms in total. The number of aromatic nitrogens is 5. The van der Waals surface area contributed by atoms with Gasteiger partial charge in [-0.3, -0.25) is 14.1 Å². The number of sulfone groups is 1. The van der Waals surface area contributed by atoms with Gasteiger partial charge in [-0.15, -0.1) is 0 Å². The Morgan fingerprint density at radius 1 is 1.00 bits per heavy atom. The Kier molecular flexibility index (Phi) is 5.22. The summed E-state index contributed by atoms with van der Waals surface area (Å²) in [5.41, 5.74) is 4.54. The Bertz CT molecular complexity index is 1740. The van der Waals surface area contributed by atoms with Gasteiger partial charge >= 0.3 is 0 Å². The van der Waals surface area contributed by atoms with Crippen LogP contribution < -0.4 is 0 Å². The first-order valence-electron chi connectivity index (χ1n) is 11.4. The Morgan fingerprint density at radius 3 is 2.56 bits per heavy atom. The summed E-state index contributed by atoms with van der Waals surface area (Å²) in [6, 6.07) is 10.5. The van der Waals surface area contributed by atoms with Gasteiger partial charge in [0, 0.05) is 42.2 Å². The summed E-state index contributed by atoms with van der Waals surface area (Å²) in [4.78, 5) is 8.99. The van der Waals surface area contributed by atoms with Gasteiger partial charge < -0.3 is 0 Å². The normalized spacial score (nSPS) is 14.0. The minimum Gasteiger partial charge on any atom is -0.300 e. The zero-order valence-corrected chi connectivity index (χ0v) is 20.1. The van der Waals surface area contributed by atoms with Gasteiger partial charge in [0.05, 0.1) is 40.5 Å². The van der Waals surface area contributed by atoms with Gasteiger partial charge in [0.2, 0.25) is 0 Å². The van der Waals surface area contributed by atoms with Gasteiger partial charge in [-0.1, -0.05) is 0 Å². The Labute approximate surface area is 206 Å². The molecule has 0 spiro atoms. The van der Waals surface area contributed by atoms with Gasteiger partial charge in [0.1, 0.15) is 17.3 Å². The molecule has 0 aliphatic heterocycles. The van der Waals surface area contributed by atoms with Crippen molar-refractivity contribution < 1.29 is 17.2 Å². The van der Waals surface area contributed by atoms with Crippen molar-refractivity contribution in [1.29, 1.82) is 0 Å². The zero-order valence-electron chi connectivity index (χ0n) is 19.3. The van der Waals surface area contributed by atoms with Crippen LogP contribution in [0.2, 0.25) is 0 Å². The molecule has 5 aromatic rings. The zero-order chi connectivity index (χ0) is 25.0. The average Bonchev–Trinajstić information content (AvgIpc) is 3.49. The fourth-order valence-electron chi connectivity index (χ4n) is 4.34. The predicted octanol–water partition coefficient (Wildman–Crippen LogP) is 4.82. The molecule has 4 aromatic heterocycles. The second kappa shape index (κ2) is 8.34. The van der Waals surface area contributed by atoms with Gasteiger partial charge in [-0.05, 0) is 54.8 Å². The summed E-state index contributed by atoms with van der Waals surface area (Å²) in [6.45, 7) is 0. The Morgan fingerprint density at radius 2 is 1.83 bits per heavy atom. The lowest BCUT2D eigenvalue weighted by Gasteiger charge is -2.11. The van der Waals surface area contributed by atoms with Crippen LogP contribution >= 0.6 is 0 Å². The van der Waals surface area contributed by atoms with Crippen LogP contribution in [-0.4, -0.2) is 37.8 Å². The molecular formula is C26H21F2N5O2S. The van der Waals surface area contributed by atoms with Crippen molar-refractivity contribution in [2.75, 3.05) is 0 Å².